The maximum Gasteiger partial charge on any atom is 0.200 e. The van der Waals surface area contributed by atoms with Crippen LogP contribution in [0.25, 0.3) is 0 Å². The molecule has 0 atom stereocenters. The number of aromatic hydroxyl groups is 4. The van der Waals surface area contributed by atoms with Crippen LogP contribution < -0.4 is 0 Å². The number of hydrogen-bond acceptors (Lipinski definition) is 5. The fourth-order valence-corrected chi connectivity index (χ4v) is 2.22. The standard InChI is InChI=1S/C17H18O5/c1-17(2,3)12-7-11(14(20)8-15(12)21)16(22)10-5-4-9(18)6-13(10)19/h4-8,18-21H,1-3H3. The maximum atomic E-state index is 12.5. The van der Waals surface area contributed by atoms with Crippen molar-refractivity contribution in [1.29, 1.82) is 0 Å². The molecule has 0 heterocycles. The second-order valence-electron chi connectivity index (χ2n) is 6.17. The summed E-state index contributed by atoms with van der Waals surface area (Å²) in [6.45, 7) is 5.60. The molecule has 5 heteroatoms. The lowest BCUT2D eigenvalue weighted by Crippen LogP contribution is -2.13. The third-order valence-corrected chi connectivity index (χ3v) is 3.39. The van der Waals surface area contributed by atoms with E-state index in [1.54, 1.807) is 0 Å². The molecular weight excluding hydrogens is 284 g/mol. The number of benzene rings is 2. The lowest BCUT2D eigenvalue weighted by atomic mass is 9.84. The second kappa shape index (κ2) is 5.26. The van der Waals surface area contributed by atoms with Gasteiger partial charge in [0.25, 0.3) is 0 Å². The van der Waals surface area contributed by atoms with E-state index in [4.69, 9.17) is 0 Å². The second-order valence-corrected chi connectivity index (χ2v) is 6.17. The monoisotopic (exact) mass is 302 g/mol. The molecule has 2 aromatic rings. The maximum absolute atomic E-state index is 12.5. The molecule has 0 aliphatic carbocycles. The highest BCUT2D eigenvalue weighted by molar-refractivity contribution is 6.12. The summed E-state index contributed by atoms with van der Waals surface area (Å²) in [5.74, 6) is -1.62. The van der Waals surface area contributed by atoms with Gasteiger partial charge in [0.1, 0.15) is 23.0 Å². The molecule has 0 aromatic heterocycles. The van der Waals surface area contributed by atoms with Crippen molar-refractivity contribution in [1.82, 2.24) is 0 Å². The fraction of sp³-hybridized carbons (Fsp3) is 0.235. The Hall–Kier alpha value is -2.69. The molecule has 116 valence electrons. The van der Waals surface area contributed by atoms with E-state index in [0.29, 0.717) is 5.56 Å². The summed E-state index contributed by atoms with van der Waals surface area (Å²) < 4.78 is 0. The SMILES string of the molecule is CC(C)(C)c1cc(C(=O)c2ccc(O)cc2O)c(O)cc1O. The molecule has 0 radical (unpaired) electrons. The van der Waals surface area contributed by atoms with E-state index in [-0.39, 0.29) is 34.1 Å². The van der Waals surface area contributed by atoms with Crippen LogP contribution in [0, 0.1) is 0 Å². The fourth-order valence-electron chi connectivity index (χ4n) is 2.22. The van der Waals surface area contributed by atoms with Gasteiger partial charge < -0.3 is 20.4 Å². The van der Waals surface area contributed by atoms with Gasteiger partial charge in [-0.15, -0.1) is 0 Å². The molecule has 0 saturated heterocycles. The molecule has 0 aliphatic heterocycles. The lowest BCUT2D eigenvalue weighted by Gasteiger charge is -2.21. The van der Waals surface area contributed by atoms with Crippen LogP contribution in [0.2, 0.25) is 0 Å². The summed E-state index contributed by atoms with van der Waals surface area (Å²) in [4.78, 5) is 12.5. The van der Waals surface area contributed by atoms with Gasteiger partial charge in [-0.25, -0.2) is 0 Å². The first-order valence-corrected chi connectivity index (χ1v) is 6.74. The molecule has 0 bridgehead atoms. The minimum atomic E-state index is -0.597. The normalized spacial score (nSPS) is 11.4. The van der Waals surface area contributed by atoms with E-state index in [1.807, 2.05) is 20.8 Å². The van der Waals surface area contributed by atoms with Crippen molar-refractivity contribution in [3.05, 3.63) is 47.0 Å². The summed E-state index contributed by atoms with van der Waals surface area (Å²) in [7, 11) is 0. The minimum absolute atomic E-state index is 0.0243. The first kappa shape index (κ1) is 15.7. The van der Waals surface area contributed by atoms with Crippen molar-refractivity contribution < 1.29 is 25.2 Å². The number of carbonyl (C=O) groups excluding carboxylic acids is 1. The van der Waals surface area contributed by atoms with Crippen LogP contribution in [0.3, 0.4) is 0 Å². The van der Waals surface area contributed by atoms with Crippen LogP contribution >= 0.6 is 0 Å². The summed E-state index contributed by atoms with van der Waals surface area (Å²) >= 11 is 0. The van der Waals surface area contributed by atoms with Crippen molar-refractivity contribution >= 4 is 5.78 Å². The molecule has 0 unspecified atom stereocenters. The predicted octanol–water partition coefficient (Wildman–Crippen LogP) is 3.04. The van der Waals surface area contributed by atoms with E-state index >= 15 is 0 Å². The van der Waals surface area contributed by atoms with Gasteiger partial charge in [0, 0.05) is 17.7 Å². The first-order valence-electron chi connectivity index (χ1n) is 6.74. The third-order valence-electron chi connectivity index (χ3n) is 3.39. The van der Waals surface area contributed by atoms with Crippen LogP contribution in [0.5, 0.6) is 23.0 Å². The lowest BCUT2D eigenvalue weighted by molar-refractivity contribution is 0.103. The van der Waals surface area contributed by atoms with E-state index in [0.717, 1.165) is 12.1 Å². The Balaban J connectivity index is 2.59. The Morgan fingerprint density at radius 3 is 1.95 bits per heavy atom. The zero-order chi connectivity index (χ0) is 16.7. The smallest absolute Gasteiger partial charge is 0.200 e. The van der Waals surface area contributed by atoms with Crippen molar-refractivity contribution in [2.24, 2.45) is 0 Å². The Morgan fingerprint density at radius 1 is 0.818 bits per heavy atom. The highest BCUT2D eigenvalue weighted by Gasteiger charge is 2.24. The zero-order valence-electron chi connectivity index (χ0n) is 12.6. The van der Waals surface area contributed by atoms with Crippen molar-refractivity contribution in [2.45, 2.75) is 26.2 Å². The highest BCUT2D eigenvalue weighted by Crippen LogP contribution is 2.37. The van der Waals surface area contributed by atoms with Crippen LogP contribution in [0.15, 0.2) is 30.3 Å². The molecule has 4 N–H and O–H groups in total. The van der Waals surface area contributed by atoms with E-state index < -0.39 is 11.2 Å². The minimum Gasteiger partial charge on any atom is -0.508 e. The number of ketones is 1. The average molecular weight is 302 g/mol. The van der Waals surface area contributed by atoms with Crippen LogP contribution in [0.4, 0.5) is 0 Å². The van der Waals surface area contributed by atoms with Crippen LogP contribution in [-0.2, 0) is 5.41 Å². The first-order chi connectivity index (χ1) is 10.1. The summed E-state index contributed by atoms with van der Waals surface area (Å²) in [5, 5.41) is 39.0. The molecular formula is C17H18O5. The van der Waals surface area contributed by atoms with Gasteiger partial charge in [-0.3, -0.25) is 4.79 Å². The van der Waals surface area contributed by atoms with E-state index in [1.165, 1.54) is 18.2 Å². The molecule has 2 rings (SSSR count). The highest BCUT2D eigenvalue weighted by atomic mass is 16.3. The molecule has 2 aromatic carbocycles. The Bertz CT molecular complexity index is 741. The summed E-state index contributed by atoms with van der Waals surface area (Å²) in [6, 6.07) is 6.13. The Morgan fingerprint density at radius 2 is 1.41 bits per heavy atom. The van der Waals surface area contributed by atoms with Gasteiger partial charge in [-0.05, 0) is 23.6 Å². The van der Waals surface area contributed by atoms with E-state index in [9.17, 15) is 25.2 Å². The summed E-state index contributed by atoms with van der Waals surface area (Å²) in [6.07, 6.45) is 0. The quantitative estimate of drug-likeness (QED) is 0.639. The van der Waals surface area contributed by atoms with Gasteiger partial charge in [0.2, 0.25) is 0 Å². The Labute approximate surface area is 128 Å². The summed E-state index contributed by atoms with van der Waals surface area (Å²) in [5.41, 5.74) is 0.0124. The Kier molecular flexibility index (Phi) is 3.75. The van der Waals surface area contributed by atoms with Crippen LogP contribution in [0.1, 0.15) is 42.3 Å². The van der Waals surface area contributed by atoms with E-state index in [2.05, 4.69) is 0 Å². The molecule has 5 nitrogen and oxygen atoms in total. The molecule has 0 saturated carbocycles. The van der Waals surface area contributed by atoms with Crippen LogP contribution in [-0.4, -0.2) is 26.2 Å². The van der Waals surface area contributed by atoms with Crippen molar-refractivity contribution in [3.8, 4) is 23.0 Å². The third kappa shape index (κ3) is 2.83. The molecule has 0 fully saturated rings. The number of phenolic OH excluding ortho intramolecular Hbond substituents is 4. The average Bonchev–Trinajstić information content (AvgIpc) is 2.36. The number of hydrogen-bond donors (Lipinski definition) is 4. The topological polar surface area (TPSA) is 98.0 Å². The zero-order valence-corrected chi connectivity index (χ0v) is 12.6. The van der Waals surface area contributed by atoms with Crippen molar-refractivity contribution in [3.63, 3.8) is 0 Å². The molecule has 0 amide bonds. The van der Waals surface area contributed by atoms with Crippen molar-refractivity contribution in [2.75, 3.05) is 0 Å². The van der Waals surface area contributed by atoms with Gasteiger partial charge in [-0.1, -0.05) is 20.8 Å². The predicted molar refractivity (Wildman–Crippen MR) is 81.7 cm³/mol. The number of carbonyl (C=O) groups is 1. The van der Waals surface area contributed by atoms with Gasteiger partial charge in [-0.2, -0.15) is 0 Å². The van der Waals surface area contributed by atoms with Gasteiger partial charge in [0.15, 0.2) is 5.78 Å². The molecule has 22 heavy (non-hydrogen) atoms. The molecule has 0 spiro atoms. The number of phenols is 4. The van der Waals surface area contributed by atoms with Gasteiger partial charge in [0.05, 0.1) is 11.1 Å². The largest absolute Gasteiger partial charge is 0.508 e. The number of rotatable bonds is 2. The van der Waals surface area contributed by atoms with Gasteiger partial charge >= 0.3 is 0 Å². The molecule has 0 aliphatic rings.